The Labute approximate surface area is 124 Å². The summed E-state index contributed by atoms with van der Waals surface area (Å²) >= 11 is 1.24. The van der Waals surface area contributed by atoms with Crippen molar-refractivity contribution >= 4 is 28.3 Å². The SMILES string of the molecule is CCC(Nc1snc(N)c1C(=O)OC)C1CCCCC1. The van der Waals surface area contributed by atoms with Crippen LogP contribution in [0.3, 0.4) is 0 Å². The minimum Gasteiger partial charge on any atom is -0.465 e. The monoisotopic (exact) mass is 297 g/mol. The quantitative estimate of drug-likeness (QED) is 0.816. The normalized spacial score (nSPS) is 17.7. The molecular weight excluding hydrogens is 274 g/mol. The zero-order chi connectivity index (χ0) is 14.5. The molecule has 1 fully saturated rings. The van der Waals surface area contributed by atoms with E-state index in [1.165, 1.54) is 50.7 Å². The van der Waals surface area contributed by atoms with E-state index in [0.717, 1.165) is 11.4 Å². The van der Waals surface area contributed by atoms with Crippen LogP contribution in [0.25, 0.3) is 0 Å². The number of carbonyl (C=O) groups excluding carboxylic acids is 1. The predicted molar refractivity (Wildman–Crippen MR) is 82.1 cm³/mol. The Balaban J connectivity index is 2.13. The molecule has 0 radical (unpaired) electrons. The van der Waals surface area contributed by atoms with Gasteiger partial charge in [0, 0.05) is 6.04 Å². The fourth-order valence-corrected chi connectivity index (χ4v) is 3.72. The number of carbonyl (C=O) groups is 1. The Morgan fingerprint density at radius 1 is 1.50 bits per heavy atom. The van der Waals surface area contributed by atoms with E-state index >= 15 is 0 Å². The summed E-state index contributed by atoms with van der Waals surface area (Å²) < 4.78 is 8.86. The van der Waals surface area contributed by atoms with Gasteiger partial charge in [0.15, 0.2) is 5.82 Å². The van der Waals surface area contributed by atoms with E-state index < -0.39 is 5.97 Å². The summed E-state index contributed by atoms with van der Waals surface area (Å²) in [5.74, 6) is 0.502. The molecular formula is C14H23N3O2S. The summed E-state index contributed by atoms with van der Waals surface area (Å²) in [6.45, 7) is 2.18. The van der Waals surface area contributed by atoms with Gasteiger partial charge in [-0.1, -0.05) is 26.2 Å². The second kappa shape index (κ2) is 6.92. The van der Waals surface area contributed by atoms with Gasteiger partial charge in [0.1, 0.15) is 10.6 Å². The van der Waals surface area contributed by atoms with Crippen molar-refractivity contribution in [3.63, 3.8) is 0 Å². The van der Waals surface area contributed by atoms with Crippen LogP contribution < -0.4 is 11.1 Å². The second-order valence-corrected chi connectivity index (χ2v) is 6.09. The summed E-state index contributed by atoms with van der Waals surface area (Å²) in [5.41, 5.74) is 6.15. The summed E-state index contributed by atoms with van der Waals surface area (Å²) in [5, 5.41) is 4.22. The van der Waals surface area contributed by atoms with Gasteiger partial charge in [0.25, 0.3) is 0 Å². The number of anilines is 2. The lowest BCUT2D eigenvalue weighted by Gasteiger charge is -2.30. The van der Waals surface area contributed by atoms with Gasteiger partial charge in [-0.15, -0.1) is 0 Å². The number of nitrogen functional groups attached to an aromatic ring is 1. The summed E-state index contributed by atoms with van der Waals surface area (Å²) in [6.07, 6.45) is 7.49. The number of hydrogen-bond donors (Lipinski definition) is 2. The van der Waals surface area contributed by atoms with Gasteiger partial charge in [0.05, 0.1) is 7.11 Å². The molecule has 0 aliphatic heterocycles. The van der Waals surface area contributed by atoms with Crippen LogP contribution in [0.5, 0.6) is 0 Å². The highest BCUT2D eigenvalue weighted by molar-refractivity contribution is 7.11. The molecule has 2 rings (SSSR count). The number of hydrogen-bond acceptors (Lipinski definition) is 6. The summed E-state index contributed by atoms with van der Waals surface area (Å²) in [4.78, 5) is 11.8. The first kappa shape index (κ1) is 15.1. The summed E-state index contributed by atoms with van der Waals surface area (Å²) in [6, 6.07) is 0.374. The van der Waals surface area contributed by atoms with Gasteiger partial charge in [-0.2, -0.15) is 4.37 Å². The highest BCUT2D eigenvalue weighted by Crippen LogP contribution is 2.33. The van der Waals surface area contributed by atoms with Crippen molar-refractivity contribution in [2.24, 2.45) is 5.92 Å². The molecule has 1 aliphatic carbocycles. The molecule has 0 aromatic carbocycles. The van der Waals surface area contributed by atoms with Gasteiger partial charge in [0.2, 0.25) is 0 Å². The first-order valence-electron chi connectivity index (χ1n) is 7.27. The lowest BCUT2D eigenvalue weighted by molar-refractivity contribution is 0.0603. The Kier molecular flexibility index (Phi) is 5.23. The van der Waals surface area contributed by atoms with Gasteiger partial charge in [-0.05, 0) is 36.7 Å². The first-order chi connectivity index (χ1) is 9.67. The van der Waals surface area contributed by atoms with E-state index in [-0.39, 0.29) is 5.82 Å². The zero-order valence-electron chi connectivity index (χ0n) is 12.1. The standard InChI is InChI=1S/C14H23N3O2S/c1-3-10(9-7-5-4-6-8-9)16-13-11(14(18)19-2)12(15)17-20-13/h9-10,16H,3-8H2,1-2H3,(H2,15,17). The topological polar surface area (TPSA) is 77.2 Å². The lowest BCUT2D eigenvalue weighted by atomic mass is 9.83. The van der Waals surface area contributed by atoms with E-state index in [1.807, 2.05) is 0 Å². The maximum Gasteiger partial charge on any atom is 0.344 e. The molecule has 5 nitrogen and oxygen atoms in total. The summed E-state index contributed by atoms with van der Waals surface area (Å²) in [7, 11) is 1.36. The molecule has 1 aromatic rings. The number of esters is 1. The van der Waals surface area contributed by atoms with Crippen LogP contribution in [0.1, 0.15) is 55.8 Å². The minimum absolute atomic E-state index is 0.253. The average Bonchev–Trinajstić information content (AvgIpc) is 2.85. The molecule has 1 atom stereocenters. The van der Waals surface area contributed by atoms with E-state index in [4.69, 9.17) is 10.5 Å². The fourth-order valence-electron chi connectivity index (χ4n) is 2.96. The minimum atomic E-state index is -0.419. The molecule has 1 aromatic heterocycles. The van der Waals surface area contributed by atoms with Crippen molar-refractivity contribution in [2.45, 2.75) is 51.5 Å². The van der Waals surface area contributed by atoms with Gasteiger partial charge in [-0.3, -0.25) is 0 Å². The highest BCUT2D eigenvalue weighted by Gasteiger charge is 2.26. The third-order valence-corrected chi connectivity index (χ3v) is 4.88. The molecule has 0 saturated heterocycles. The number of methoxy groups -OCH3 is 1. The molecule has 0 bridgehead atoms. The maximum absolute atomic E-state index is 11.8. The van der Waals surface area contributed by atoms with Crippen LogP contribution in [0.4, 0.5) is 10.8 Å². The zero-order valence-corrected chi connectivity index (χ0v) is 13.0. The van der Waals surface area contributed by atoms with Crippen molar-refractivity contribution in [3.05, 3.63) is 5.56 Å². The Morgan fingerprint density at radius 2 is 2.20 bits per heavy atom. The van der Waals surface area contributed by atoms with Gasteiger partial charge in [-0.25, -0.2) is 4.79 Å². The molecule has 0 amide bonds. The van der Waals surface area contributed by atoms with Crippen molar-refractivity contribution < 1.29 is 9.53 Å². The Bertz CT molecular complexity index is 455. The highest BCUT2D eigenvalue weighted by atomic mass is 32.1. The van der Waals surface area contributed by atoms with Gasteiger partial charge >= 0.3 is 5.97 Å². The molecule has 0 spiro atoms. The molecule has 1 aliphatic rings. The molecule has 1 unspecified atom stereocenters. The van der Waals surface area contributed by atoms with E-state index in [1.54, 1.807) is 0 Å². The average molecular weight is 297 g/mol. The fraction of sp³-hybridized carbons (Fsp3) is 0.714. The molecule has 20 heavy (non-hydrogen) atoms. The third kappa shape index (κ3) is 3.23. The first-order valence-corrected chi connectivity index (χ1v) is 8.04. The molecule has 3 N–H and O–H groups in total. The molecule has 112 valence electrons. The number of nitrogens with one attached hydrogen (secondary N) is 1. The van der Waals surface area contributed by atoms with E-state index in [2.05, 4.69) is 16.6 Å². The Morgan fingerprint density at radius 3 is 2.80 bits per heavy atom. The number of nitrogens with zero attached hydrogens (tertiary/aromatic N) is 1. The predicted octanol–water partition coefficient (Wildman–Crippen LogP) is 3.28. The van der Waals surface area contributed by atoms with Crippen LogP contribution in [-0.4, -0.2) is 23.5 Å². The number of ether oxygens (including phenoxy) is 1. The van der Waals surface area contributed by atoms with Crippen molar-refractivity contribution in [1.82, 2.24) is 4.37 Å². The molecule has 1 saturated carbocycles. The van der Waals surface area contributed by atoms with Gasteiger partial charge < -0.3 is 15.8 Å². The molecule has 6 heteroatoms. The number of rotatable bonds is 5. The van der Waals surface area contributed by atoms with Crippen LogP contribution in [0.15, 0.2) is 0 Å². The van der Waals surface area contributed by atoms with Crippen molar-refractivity contribution in [3.8, 4) is 0 Å². The van der Waals surface area contributed by atoms with Crippen LogP contribution in [-0.2, 0) is 4.74 Å². The Hall–Kier alpha value is -1.30. The largest absolute Gasteiger partial charge is 0.465 e. The smallest absolute Gasteiger partial charge is 0.344 e. The van der Waals surface area contributed by atoms with E-state index in [0.29, 0.717) is 17.5 Å². The third-order valence-electron chi connectivity index (χ3n) is 4.08. The lowest BCUT2D eigenvalue weighted by Crippen LogP contribution is -2.30. The van der Waals surface area contributed by atoms with Crippen molar-refractivity contribution in [1.29, 1.82) is 0 Å². The maximum atomic E-state index is 11.8. The van der Waals surface area contributed by atoms with Crippen LogP contribution in [0.2, 0.25) is 0 Å². The number of aromatic nitrogens is 1. The van der Waals surface area contributed by atoms with E-state index in [9.17, 15) is 4.79 Å². The molecule has 1 heterocycles. The van der Waals surface area contributed by atoms with Crippen LogP contribution in [0, 0.1) is 5.92 Å². The van der Waals surface area contributed by atoms with Crippen molar-refractivity contribution in [2.75, 3.05) is 18.2 Å². The second-order valence-electron chi connectivity index (χ2n) is 5.32. The number of nitrogens with two attached hydrogens (primary N) is 1. The van der Waals surface area contributed by atoms with Crippen LogP contribution >= 0.6 is 11.5 Å².